The first kappa shape index (κ1) is 19.3. The van der Waals surface area contributed by atoms with E-state index in [0.717, 1.165) is 8.58 Å². The van der Waals surface area contributed by atoms with Gasteiger partial charge in [-0.15, -0.1) is 0 Å². The summed E-state index contributed by atoms with van der Waals surface area (Å²) >= 11 is 2.10. The zero-order valence-corrected chi connectivity index (χ0v) is 15.9. The Balaban J connectivity index is 3.15. The van der Waals surface area contributed by atoms with Gasteiger partial charge in [-0.05, 0) is 68.5 Å². The Morgan fingerprint density at radius 2 is 1.74 bits per heavy atom. The molecular weight excluding hydrogens is 415 g/mol. The van der Waals surface area contributed by atoms with Crippen molar-refractivity contribution in [1.82, 2.24) is 5.43 Å². The summed E-state index contributed by atoms with van der Waals surface area (Å²) in [5, 5.41) is 0.978. The molecule has 23 heavy (non-hydrogen) atoms. The molecule has 1 rings (SSSR count). The van der Waals surface area contributed by atoms with Crippen LogP contribution in [-0.4, -0.2) is 31.5 Å². The van der Waals surface area contributed by atoms with Gasteiger partial charge < -0.3 is 14.2 Å². The van der Waals surface area contributed by atoms with Gasteiger partial charge in [0.15, 0.2) is 0 Å². The van der Waals surface area contributed by atoms with Crippen molar-refractivity contribution < 1.29 is 23.8 Å². The Morgan fingerprint density at radius 3 is 2.26 bits per heavy atom. The topological polar surface area (TPSA) is 77.1 Å². The number of nitrogens with zero attached hydrogens (tertiary/aromatic N) is 1. The van der Waals surface area contributed by atoms with Crippen LogP contribution in [0.15, 0.2) is 18.2 Å². The molecule has 0 aliphatic rings. The molecule has 0 aliphatic carbocycles. The Bertz CT molecular complexity index is 563. The highest BCUT2D eigenvalue weighted by atomic mass is 127. The van der Waals surface area contributed by atoms with Crippen LogP contribution in [0.25, 0.3) is 0 Å². The van der Waals surface area contributed by atoms with E-state index in [4.69, 9.17) is 14.2 Å². The van der Waals surface area contributed by atoms with Crippen molar-refractivity contribution in [3.63, 3.8) is 0 Å². The smallest absolute Gasteiger partial charge is 0.433 e. The first-order valence-corrected chi connectivity index (χ1v) is 8.14. The van der Waals surface area contributed by atoms with Gasteiger partial charge in [-0.3, -0.25) is 0 Å². The van der Waals surface area contributed by atoms with Gasteiger partial charge in [-0.1, -0.05) is 0 Å². The number of hydrazine groups is 1. The van der Waals surface area contributed by atoms with E-state index in [1.807, 2.05) is 6.07 Å². The number of methoxy groups -OCH3 is 1. The Labute approximate surface area is 149 Å². The van der Waals surface area contributed by atoms with E-state index in [2.05, 4.69) is 28.0 Å². The first-order chi connectivity index (χ1) is 10.7. The van der Waals surface area contributed by atoms with Gasteiger partial charge in [0.2, 0.25) is 0 Å². The van der Waals surface area contributed by atoms with Crippen LogP contribution in [0.1, 0.15) is 27.7 Å². The van der Waals surface area contributed by atoms with Crippen molar-refractivity contribution in [3.8, 4) is 5.75 Å². The average Bonchev–Trinajstić information content (AvgIpc) is 2.43. The number of hydrogen-bond donors (Lipinski definition) is 1. The molecule has 0 spiro atoms. The van der Waals surface area contributed by atoms with Crippen LogP contribution >= 0.6 is 22.6 Å². The fraction of sp³-hybridized carbons (Fsp3) is 0.467. The molecule has 8 heteroatoms. The molecule has 128 valence electrons. The zero-order chi connectivity index (χ0) is 17.6. The fourth-order valence-corrected chi connectivity index (χ4v) is 2.10. The molecule has 0 fully saturated rings. The number of anilines is 1. The maximum atomic E-state index is 12.3. The van der Waals surface area contributed by atoms with Crippen molar-refractivity contribution in [3.05, 3.63) is 21.8 Å². The second-order valence-electron chi connectivity index (χ2n) is 5.15. The summed E-state index contributed by atoms with van der Waals surface area (Å²) in [5.74, 6) is 0.413. The largest absolute Gasteiger partial charge is 0.494 e. The quantitative estimate of drug-likeness (QED) is 0.576. The van der Waals surface area contributed by atoms with Crippen LogP contribution in [0.5, 0.6) is 5.75 Å². The van der Waals surface area contributed by atoms with E-state index in [1.165, 1.54) is 7.11 Å². The maximum absolute atomic E-state index is 12.3. The monoisotopic (exact) mass is 436 g/mol. The molecule has 7 nitrogen and oxygen atoms in total. The summed E-state index contributed by atoms with van der Waals surface area (Å²) in [6, 6.07) is 5.21. The van der Waals surface area contributed by atoms with E-state index in [-0.39, 0.29) is 12.2 Å². The predicted molar refractivity (Wildman–Crippen MR) is 94.6 cm³/mol. The van der Waals surface area contributed by atoms with Crippen LogP contribution in [0.2, 0.25) is 0 Å². The summed E-state index contributed by atoms with van der Waals surface area (Å²) in [6.45, 7) is 6.85. The van der Waals surface area contributed by atoms with Crippen molar-refractivity contribution in [2.45, 2.75) is 39.9 Å². The lowest BCUT2D eigenvalue weighted by Crippen LogP contribution is -2.48. The number of nitrogens with one attached hydrogen (secondary N) is 1. The van der Waals surface area contributed by atoms with E-state index >= 15 is 0 Å². The number of carbonyl (C=O) groups is 2. The number of rotatable bonds is 4. The molecule has 0 aliphatic heterocycles. The molecule has 1 aromatic rings. The minimum Gasteiger partial charge on any atom is -0.494 e. The lowest BCUT2D eigenvalue weighted by Gasteiger charge is -2.25. The summed E-state index contributed by atoms with van der Waals surface area (Å²) < 4.78 is 16.3. The number of benzene rings is 1. The Hall–Kier alpha value is -1.71. The highest BCUT2D eigenvalue weighted by Crippen LogP contribution is 2.29. The molecule has 0 saturated carbocycles. The third-order valence-electron chi connectivity index (χ3n) is 2.45. The predicted octanol–water partition coefficient (Wildman–Crippen LogP) is 3.70. The normalized spacial score (nSPS) is 10.4. The van der Waals surface area contributed by atoms with Crippen molar-refractivity contribution in [2.24, 2.45) is 0 Å². The third kappa shape index (κ3) is 6.12. The minimum atomic E-state index is -0.762. The van der Waals surface area contributed by atoms with Crippen LogP contribution in [-0.2, 0) is 9.47 Å². The fourth-order valence-electron chi connectivity index (χ4n) is 1.63. The van der Waals surface area contributed by atoms with Gasteiger partial charge in [-0.2, -0.15) is 5.01 Å². The number of halogens is 1. The van der Waals surface area contributed by atoms with E-state index in [0.29, 0.717) is 11.4 Å². The first-order valence-electron chi connectivity index (χ1n) is 7.06. The average molecular weight is 436 g/mol. The minimum absolute atomic E-state index is 0.323. The molecule has 0 unspecified atom stereocenters. The van der Waals surface area contributed by atoms with Crippen molar-refractivity contribution >= 4 is 40.5 Å². The van der Waals surface area contributed by atoms with Gasteiger partial charge in [-0.25, -0.2) is 15.0 Å². The zero-order valence-electron chi connectivity index (χ0n) is 13.8. The van der Waals surface area contributed by atoms with Crippen LogP contribution in [0, 0.1) is 3.57 Å². The second-order valence-corrected chi connectivity index (χ2v) is 6.40. The number of carbonyl (C=O) groups excluding carboxylic acids is 2. The van der Waals surface area contributed by atoms with E-state index in [1.54, 1.807) is 39.8 Å². The van der Waals surface area contributed by atoms with Gasteiger partial charge in [0, 0.05) is 3.57 Å². The summed E-state index contributed by atoms with van der Waals surface area (Å²) in [4.78, 5) is 24.2. The number of hydrogen-bond acceptors (Lipinski definition) is 5. The summed E-state index contributed by atoms with van der Waals surface area (Å²) in [6.07, 6.45) is -2.17. The molecule has 1 N–H and O–H groups in total. The third-order valence-corrected chi connectivity index (χ3v) is 3.12. The number of ether oxygens (including phenoxy) is 3. The van der Waals surface area contributed by atoms with Crippen LogP contribution in [0.3, 0.4) is 0 Å². The van der Waals surface area contributed by atoms with Gasteiger partial charge >= 0.3 is 12.2 Å². The summed E-state index contributed by atoms with van der Waals surface area (Å²) in [5.41, 5.74) is 2.74. The molecule has 0 heterocycles. The molecule has 0 atom stereocenters. The van der Waals surface area contributed by atoms with Crippen molar-refractivity contribution in [1.29, 1.82) is 0 Å². The molecule has 0 bridgehead atoms. The highest BCUT2D eigenvalue weighted by Gasteiger charge is 2.25. The van der Waals surface area contributed by atoms with Crippen LogP contribution in [0.4, 0.5) is 15.3 Å². The molecule has 1 aromatic carbocycles. The SMILES string of the molecule is COc1ccc(I)cc1N(NC(=O)OC(C)C)C(=O)OC(C)C. The molecule has 2 amide bonds. The molecule has 0 radical (unpaired) electrons. The van der Waals surface area contributed by atoms with Crippen molar-refractivity contribution in [2.75, 3.05) is 12.1 Å². The Morgan fingerprint density at radius 1 is 1.13 bits per heavy atom. The number of amides is 2. The molecule has 0 saturated heterocycles. The van der Waals surface area contributed by atoms with Crippen LogP contribution < -0.4 is 15.2 Å². The molecular formula is C15H21IN2O5. The summed E-state index contributed by atoms with van der Waals surface area (Å²) in [7, 11) is 1.48. The lowest BCUT2D eigenvalue weighted by molar-refractivity contribution is 0.103. The Kier molecular flexibility index (Phi) is 7.40. The van der Waals surface area contributed by atoms with Gasteiger partial charge in [0.05, 0.1) is 19.3 Å². The molecule has 0 aromatic heterocycles. The van der Waals surface area contributed by atoms with E-state index < -0.39 is 12.2 Å². The maximum Gasteiger partial charge on any atom is 0.433 e. The lowest BCUT2D eigenvalue weighted by atomic mass is 10.3. The van der Waals surface area contributed by atoms with E-state index in [9.17, 15) is 9.59 Å². The van der Waals surface area contributed by atoms with Gasteiger partial charge in [0.1, 0.15) is 11.4 Å². The van der Waals surface area contributed by atoms with Gasteiger partial charge in [0.25, 0.3) is 0 Å². The second kappa shape index (κ2) is 8.80. The standard InChI is InChI=1S/C15H21IN2O5/c1-9(2)22-14(19)17-18(15(20)23-10(3)4)12-8-11(16)6-7-13(12)21-5/h6-10H,1-5H3,(H,17,19). The highest BCUT2D eigenvalue weighted by molar-refractivity contribution is 14.1.